The Morgan fingerprint density at radius 3 is 2.51 bits per heavy atom. The number of benzene rings is 3. The highest BCUT2D eigenvalue weighted by molar-refractivity contribution is 6.16. The van der Waals surface area contributed by atoms with Gasteiger partial charge in [-0.3, -0.25) is 4.79 Å². The average Bonchev–Trinajstić information content (AvgIpc) is 3.12. The third-order valence-electron chi connectivity index (χ3n) is 5.49. The van der Waals surface area contributed by atoms with Crippen molar-refractivity contribution in [3.05, 3.63) is 89.5 Å². The Hall–Kier alpha value is -4.72. The molecule has 2 aromatic heterocycles. The average molecular weight is 465 g/mol. The van der Waals surface area contributed by atoms with Gasteiger partial charge in [-0.2, -0.15) is 9.78 Å². The molecule has 0 bridgehead atoms. The number of aryl methyl sites for hydroxylation is 1. The van der Waals surface area contributed by atoms with Crippen LogP contribution in [0.15, 0.2) is 77.9 Å². The number of amides is 1. The number of hydrogen-bond donors (Lipinski definition) is 2. The van der Waals surface area contributed by atoms with Gasteiger partial charge in [-0.05, 0) is 73.5 Å². The maximum absolute atomic E-state index is 13.3. The molecular formula is C27H24N6O2. The Kier molecular flexibility index (Phi) is 5.85. The molecule has 0 fully saturated rings. The molecule has 0 atom stereocenters. The van der Waals surface area contributed by atoms with E-state index in [-0.39, 0.29) is 17.3 Å². The van der Waals surface area contributed by atoms with Crippen LogP contribution in [0.4, 0.5) is 11.5 Å². The molecule has 5 aromatic rings. The van der Waals surface area contributed by atoms with Gasteiger partial charge in [-0.25, -0.2) is 9.97 Å². The van der Waals surface area contributed by atoms with E-state index < -0.39 is 0 Å². The number of rotatable bonds is 6. The van der Waals surface area contributed by atoms with Crippen molar-refractivity contribution in [3.8, 4) is 5.75 Å². The Morgan fingerprint density at radius 1 is 1.06 bits per heavy atom. The number of ether oxygens (including phenoxy) is 1. The van der Waals surface area contributed by atoms with E-state index in [0.717, 1.165) is 16.9 Å². The highest BCUT2D eigenvalue weighted by Crippen LogP contribution is 2.29. The lowest BCUT2D eigenvalue weighted by molar-refractivity contribution is 0.102. The van der Waals surface area contributed by atoms with Crippen molar-refractivity contribution in [1.82, 2.24) is 14.6 Å². The molecule has 0 aliphatic carbocycles. The minimum absolute atomic E-state index is 0.155. The van der Waals surface area contributed by atoms with E-state index in [1.165, 1.54) is 4.68 Å². The van der Waals surface area contributed by atoms with Gasteiger partial charge in [0.1, 0.15) is 22.6 Å². The summed E-state index contributed by atoms with van der Waals surface area (Å²) in [5, 5.41) is 7.47. The highest BCUT2D eigenvalue weighted by atomic mass is 16.5. The zero-order valence-corrected chi connectivity index (χ0v) is 19.4. The fraction of sp³-hybridized carbons (Fsp3) is 0.111. The standard InChI is InChI=1S/C27H24N6O2/c1-3-35-20-13-11-18(12-14-20)16-29-33-25(28)23(27(34)30-19-8-6-7-17(2)15-19)24-26(33)32-22-10-5-4-9-21(22)31-24/h4-16H,3,28H2,1-2H3,(H,30,34)/b29-16-. The molecular weight excluding hydrogens is 440 g/mol. The quantitative estimate of drug-likeness (QED) is 0.344. The van der Waals surface area contributed by atoms with Crippen molar-refractivity contribution in [2.24, 2.45) is 5.10 Å². The van der Waals surface area contributed by atoms with Crippen LogP contribution in [0, 0.1) is 6.92 Å². The first-order chi connectivity index (χ1) is 17.0. The number of fused-ring (bicyclic) bond motifs is 2. The molecule has 0 aliphatic heterocycles. The largest absolute Gasteiger partial charge is 0.494 e. The van der Waals surface area contributed by atoms with Crippen molar-refractivity contribution in [3.63, 3.8) is 0 Å². The zero-order chi connectivity index (χ0) is 24.4. The summed E-state index contributed by atoms with van der Waals surface area (Å²) < 4.78 is 6.95. The number of nitrogen functional groups attached to an aromatic ring is 1. The van der Waals surface area contributed by atoms with Crippen molar-refractivity contribution in [2.75, 3.05) is 17.7 Å². The summed E-state index contributed by atoms with van der Waals surface area (Å²) in [6.45, 7) is 4.50. The second kappa shape index (κ2) is 9.26. The van der Waals surface area contributed by atoms with Crippen LogP contribution in [-0.2, 0) is 0 Å². The van der Waals surface area contributed by atoms with E-state index in [1.807, 2.05) is 86.6 Å². The minimum atomic E-state index is -0.377. The molecule has 35 heavy (non-hydrogen) atoms. The lowest BCUT2D eigenvalue weighted by Crippen LogP contribution is -2.14. The first-order valence-electron chi connectivity index (χ1n) is 11.3. The third kappa shape index (κ3) is 4.41. The molecule has 1 amide bonds. The van der Waals surface area contributed by atoms with Gasteiger partial charge in [0.25, 0.3) is 5.91 Å². The maximum atomic E-state index is 13.3. The van der Waals surface area contributed by atoms with Gasteiger partial charge < -0.3 is 15.8 Å². The molecule has 0 aliphatic rings. The van der Waals surface area contributed by atoms with Crippen LogP contribution in [0.3, 0.4) is 0 Å². The number of nitrogens with zero attached hydrogens (tertiary/aromatic N) is 4. The fourth-order valence-corrected chi connectivity index (χ4v) is 3.85. The monoisotopic (exact) mass is 464 g/mol. The summed E-state index contributed by atoms with van der Waals surface area (Å²) in [5.41, 5.74) is 11.4. The van der Waals surface area contributed by atoms with Gasteiger partial charge in [0.05, 0.1) is 23.9 Å². The van der Waals surface area contributed by atoms with Gasteiger partial charge in [0, 0.05) is 5.69 Å². The molecule has 2 heterocycles. The zero-order valence-electron chi connectivity index (χ0n) is 19.4. The van der Waals surface area contributed by atoms with Crippen LogP contribution in [-0.4, -0.2) is 33.4 Å². The smallest absolute Gasteiger partial charge is 0.261 e. The summed E-state index contributed by atoms with van der Waals surface area (Å²) in [6.07, 6.45) is 1.66. The third-order valence-corrected chi connectivity index (χ3v) is 5.49. The van der Waals surface area contributed by atoms with Gasteiger partial charge in [0.2, 0.25) is 0 Å². The Labute approximate surface area is 202 Å². The predicted molar refractivity (Wildman–Crippen MR) is 139 cm³/mol. The van der Waals surface area contributed by atoms with E-state index in [0.29, 0.717) is 34.5 Å². The van der Waals surface area contributed by atoms with Crippen LogP contribution in [0.2, 0.25) is 0 Å². The van der Waals surface area contributed by atoms with E-state index >= 15 is 0 Å². The molecule has 174 valence electrons. The van der Waals surface area contributed by atoms with Crippen LogP contribution in [0.1, 0.15) is 28.4 Å². The molecule has 0 unspecified atom stereocenters. The molecule has 5 rings (SSSR count). The first kappa shape index (κ1) is 22.1. The van der Waals surface area contributed by atoms with Crippen LogP contribution < -0.4 is 15.8 Å². The SMILES string of the molecule is CCOc1ccc(/C=N\n2c(N)c(C(=O)Nc3cccc(C)c3)c3nc4ccccc4nc32)cc1. The van der Waals surface area contributed by atoms with Crippen molar-refractivity contribution < 1.29 is 9.53 Å². The number of para-hydroxylation sites is 2. The lowest BCUT2D eigenvalue weighted by Gasteiger charge is -2.06. The molecule has 0 radical (unpaired) electrons. The normalized spacial score (nSPS) is 11.4. The van der Waals surface area contributed by atoms with Gasteiger partial charge in [0.15, 0.2) is 5.65 Å². The summed E-state index contributed by atoms with van der Waals surface area (Å²) in [6, 6.07) is 22.5. The fourth-order valence-electron chi connectivity index (χ4n) is 3.85. The summed E-state index contributed by atoms with van der Waals surface area (Å²) in [7, 11) is 0. The van der Waals surface area contributed by atoms with E-state index in [4.69, 9.17) is 20.4 Å². The van der Waals surface area contributed by atoms with Crippen molar-refractivity contribution in [1.29, 1.82) is 0 Å². The summed E-state index contributed by atoms with van der Waals surface area (Å²) in [4.78, 5) is 22.8. The predicted octanol–water partition coefficient (Wildman–Crippen LogP) is 5.01. The van der Waals surface area contributed by atoms with E-state index in [2.05, 4.69) is 10.4 Å². The number of carbonyl (C=O) groups is 1. The topological polar surface area (TPSA) is 107 Å². The summed E-state index contributed by atoms with van der Waals surface area (Å²) in [5.74, 6) is 0.559. The molecule has 0 saturated carbocycles. The number of nitrogens with one attached hydrogen (secondary N) is 1. The molecule has 8 heteroatoms. The van der Waals surface area contributed by atoms with Crippen molar-refractivity contribution in [2.45, 2.75) is 13.8 Å². The Bertz CT molecular complexity index is 1570. The Morgan fingerprint density at radius 2 is 1.80 bits per heavy atom. The van der Waals surface area contributed by atoms with Gasteiger partial charge >= 0.3 is 0 Å². The molecule has 0 saturated heterocycles. The molecule has 8 nitrogen and oxygen atoms in total. The molecule has 3 aromatic carbocycles. The van der Waals surface area contributed by atoms with Gasteiger partial charge in [-0.1, -0.05) is 24.3 Å². The first-order valence-corrected chi connectivity index (χ1v) is 11.3. The van der Waals surface area contributed by atoms with Crippen LogP contribution in [0.5, 0.6) is 5.75 Å². The number of carbonyl (C=O) groups excluding carboxylic acids is 1. The Balaban J connectivity index is 1.60. The van der Waals surface area contributed by atoms with E-state index in [1.54, 1.807) is 6.21 Å². The molecule has 3 N–H and O–H groups in total. The van der Waals surface area contributed by atoms with Crippen LogP contribution >= 0.6 is 0 Å². The number of aromatic nitrogens is 3. The number of nitrogens with two attached hydrogens (primary N) is 1. The number of hydrogen-bond acceptors (Lipinski definition) is 6. The second-order valence-corrected chi connectivity index (χ2v) is 8.03. The second-order valence-electron chi connectivity index (χ2n) is 8.03. The van der Waals surface area contributed by atoms with Gasteiger partial charge in [-0.15, -0.1) is 0 Å². The van der Waals surface area contributed by atoms with Crippen molar-refractivity contribution >= 4 is 45.8 Å². The van der Waals surface area contributed by atoms with E-state index in [9.17, 15) is 4.79 Å². The summed E-state index contributed by atoms with van der Waals surface area (Å²) >= 11 is 0. The minimum Gasteiger partial charge on any atom is -0.494 e. The lowest BCUT2D eigenvalue weighted by atomic mass is 10.2. The molecule has 0 spiro atoms. The maximum Gasteiger partial charge on any atom is 0.261 e. The highest BCUT2D eigenvalue weighted by Gasteiger charge is 2.24. The van der Waals surface area contributed by atoms with Crippen LogP contribution in [0.25, 0.3) is 22.2 Å². The number of anilines is 2.